The lowest BCUT2D eigenvalue weighted by molar-refractivity contribution is 0.0902. The van der Waals surface area contributed by atoms with Crippen molar-refractivity contribution in [1.29, 1.82) is 0 Å². The second kappa shape index (κ2) is 6.15. The third kappa shape index (κ3) is 2.99. The molecule has 3 rings (SSSR count). The lowest BCUT2D eigenvalue weighted by Gasteiger charge is -2.30. The van der Waals surface area contributed by atoms with Crippen LogP contribution in [0.4, 0.5) is 5.69 Å². The van der Waals surface area contributed by atoms with Crippen LogP contribution in [0.2, 0.25) is 0 Å². The Morgan fingerprint density at radius 3 is 2.95 bits per heavy atom. The highest BCUT2D eigenvalue weighted by Gasteiger charge is 2.22. The zero-order valence-corrected chi connectivity index (χ0v) is 12.4. The number of benzene rings is 1. The van der Waals surface area contributed by atoms with Gasteiger partial charge in [0.2, 0.25) is 0 Å². The molecule has 2 unspecified atom stereocenters. The van der Waals surface area contributed by atoms with E-state index in [9.17, 15) is 5.11 Å². The molecule has 0 bridgehead atoms. The van der Waals surface area contributed by atoms with Crippen LogP contribution in [0.5, 0.6) is 0 Å². The Morgan fingerprint density at radius 1 is 1.25 bits per heavy atom. The fourth-order valence-electron chi connectivity index (χ4n) is 3.55. The number of nitrogens with zero attached hydrogens (tertiary/aromatic N) is 1. The summed E-state index contributed by atoms with van der Waals surface area (Å²) in [5, 5.41) is 13.5. The summed E-state index contributed by atoms with van der Waals surface area (Å²) in [4.78, 5) is 2.35. The number of fused-ring (bicyclic) bond motifs is 1. The van der Waals surface area contributed by atoms with Crippen molar-refractivity contribution in [2.45, 2.75) is 57.2 Å². The van der Waals surface area contributed by atoms with E-state index in [1.807, 2.05) is 0 Å². The number of anilines is 1. The van der Waals surface area contributed by atoms with Crippen LogP contribution in [-0.2, 0) is 13.0 Å². The summed E-state index contributed by atoms with van der Waals surface area (Å²) in [6.45, 7) is 2.04. The Labute approximate surface area is 122 Å². The average Bonchev–Trinajstić information content (AvgIpc) is 2.46. The van der Waals surface area contributed by atoms with E-state index >= 15 is 0 Å². The van der Waals surface area contributed by atoms with Crippen LogP contribution in [0.25, 0.3) is 0 Å². The Bertz CT molecular complexity index is 460. The van der Waals surface area contributed by atoms with Crippen LogP contribution in [-0.4, -0.2) is 30.8 Å². The third-order valence-corrected chi connectivity index (χ3v) is 4.79. The molecular formula is C17H26N2O. The third-order valence-electron chi connectivity index (χ3n) is 4.79. The maximum atomic E-state index is 10.0. The van der Waals surface area contributed by atoms with Gasteiger partial charge in [0, 0.05) is 31.9 Å². The summed E-state index contributed by atoms with van der Waals surface area (Å²) < 4.78 is 0. The van der Waals surface area contributed by atoms with Gasteiger partial charge in [0.1, 0.15) is 0 Å². The van der Waals surface area contributed by atoms with Gasteiger partial charge in [-0.2, -0.15) is 0 Å². The number of aliphatic hydroxyl groups is 1. The van der Waals surface area contributed by atoms with E-state index in [1.165, 1.54) is 49.0 Å². The van der Waals surface area contributed by atoms with Gasteiger partial charge in [-0.3, -0.25) is 0 Å². The van der Waals surface area contributed by atoms with E-state index in [4.69, 9.17) is 0 Å². The van der Waals surface area contributed by atoms with Gasteiger partial charge in [0.15, 0.2) is 0 Å². The predicted octanol–water partition coefficient (Wildman–Crippen LogP) is 2.46. The monoisotopic (exact) mass is 274 g/mol. The van der Waals surface area contributed by atoms with Gasteiger partial charge < -0.3 is 15.3 Å². The number of rotatable bonds is 3. The van der Waals surface area contributed by atoms with Crippen molar-refractivity contribution in [2.24, 2.45) is 0 Å². The van der Waals surface area contributed by atoms with Crippen LogP contribution in [0, 0.1) is 0 Å². The number of nitrogens with one attached hydrogen (secondary N) is 1. The van der Waals surface area contributed by atoms with Gasteiger partial charge in [-0.15, -0.1) is 0 Å². The summed E-state index contributed by atoms with van der Waals surface area (Å²) in [6.07, 6.45) is 6.75. The molecule has 1 heterocycles. The normalized spacial score (nSPS) is 26.4. The Kier molecular flexibility index (Phi) is 4.27. The molecule has 0 aromatic heterocycles. The molecule has 3 heteroatoms. The first kappa shape index (κ1) is 13.9. The molecule has 3 nitrogen and oxygen atoms in total. The molecule has 20 heavy (non-hydrogen) atoms. The molecule has 1 aromatic carbocycles. The van der Waals surface area contributed by atoms with Crippen molar-refractivity contribution in [2.75, 3.05) is 18.5 Å². The lowest BCUT2D eigenvalue weighted by Crippen LogP contribution is -2.41. The molecule has 1 fully saturated rings. The van der Waals surface area contributed by atoms with E-state index in [-0.39, 0.29) is 12.1 Å². The van der Waals surface area contributed by atoms with Crippen molar-refractivity contribution >= 4 is 5.69 Å². The highest BCUT2D eigenvalue weighted by Crippen LogP contribution is 2.27. The number of aryl methyl sites for hydroxylation is 1. The summed E-state index contributed by atoms with van der Waals surface area (Å²) >= 11 is 0. The van der Waals surface area contributed by atoms with E-state index < -0.39 is 0 Å². The minimum absolute atomic E-state index is 0.160. The second-order valence-corrected chi connectivity index (χ2v) is 6.33. The van der Waals surface area contributed by atoms with Crippen LogP contribution >= 0.6 is 0 Å². The first-order chi connectivity index (χ1) is 9.74. The largest absolute Gasteiger partial charge is 0.392 e. The minimum atomic E-state index is -0.160. The number of hydrogen-bond acceptors (Lipinski definition) is 3. The maximum Gasteiger partial charge on any atom is 0.0693 e. The fraction of sp³-hybridized carbons (Fsp3) is 0.647. The quantitative estimate of drug-likeness (QED) is 0.889. The second-order valence-electron chi connectivity index (χ2n) is 6.33. The number of hydrogen-bond donors (Lipinski definition) is 2. The van der Waals surface area contributed by atoms with Crippen molar-refractivity contribution in [3.63, 3.8) is 0 Å². The van der Waals surface area contributed by atoms with Gasteiger partial charge in [0.25, 0.3) is 0 Å². The zero-order valence-electron chi connectivity index (χ0n) is 12.4. The van der Waals surface area contributed by atoms with E-state index in [0.717, 1.165) is 19.4 Å². The van der Waals surface area contributed by atoms with E-state index in [2.05, 4.69) is 35.5 Å². The topological polar surface area (TPSA) is 35.5 Å². The van der Waals surface area contributed by atoms with Crippen molar-refractivity contribution < 1.29 is 5.11 Å². The number of aliphatic hydroxyl groups excluding tert-OH is 1. The molecule has 110 valence electrons. The molecule has 0 radical (unpaired) electrons. The standard InChI is InChI=1S/C17H26N2O/c1-19-10-4-5-14-11-13(8-9-16(14)19)12-18-15-6-2-3-7-17(15)20/h8-9,11,15,17-18,20H,2-7,10,12H2,1H3. The van der Waals surface area contributed by atoms with Crippen molar-refractivity contribution in [1.82, 2.24) is 5.32 Å². The Hall–Kier alpha value is -1.06. The van der Waals surface area contributed by atoms with Crippen molar-refractivity contribution in [3.8, 4) is 0 Å². The fourth-order valence-corrected chi connectivity index (χ4v) is 3.55. The first-order valence-electron chi connectivity index (χ1n) is 7.98. The molecule has 0 saturated heterocycles. The molecule has 0 spiro atoms. The summed E-state index contributed by atoms with van der Waals surface area (Å²) in [5.41, 5.74) is 4.21. The van der Waals surface area contributed by atoms with Crippen molar-refractivity contribution in [3.05, 3.63) is 29.3 Å². The molecular weight excluding hydrogens is 248 g/mol. The minimum Gasteiger partial charge on any atom is -0.392 e. The van der Waals surface area contributed by atoms with Gasteiger partial charge >= 0.3 is 0 Å². The predicted molar refractivity (Wildman–Crippen MR) is 83.1 cm³/mol. The zero-order chi connectivity index (χ0) is 13.9. The lowest BCUT2D eigenvalue weighted by atomic mass is 9.92. The maximum absolute atomic E-state index is 10.0. The molecule has 2 N–H and O–H groups in total. The van der Waals surface area contributed by atoms with Gasteiger partial charge in [-0.25, -0.2) is 0 Å². The van der Waals surface area contributed by atoms with Gasteiger partial charge in [-0.1, -0.05) is 25.0 Å². The summed E-state index contributed by atoms with van der Waals surface area (Å²) in [7, 11) is 2.17. The highest BCUT2D eigenvalue weighted by molar-refractivity contribution is 5.56. The van der Waals surface area contributed by atoms with Crippen LogP contribution < -0.4 is 10.2 Å². The molecule has 1 aromatic rings. The van der Waals surface area contributed by atoms with Crippen LogP contribution in [0.15, 0.2) is 18.2 Å². The van der Waals surface area contributed by atoms with E-state index in [1.54, 1.807) is 0 Å². The molecule has 1 aliphatic heterocycles. The molecule has 1 aliphatic carbocycles. The van der Waals surface area contributed by atoms with Gasteiger partial charge in [0.05, 0.1) is 6.10 Å². The van der Waals surface area contributed by atoms with Crippen LogP contribution in [0.3, 0.4) is 0 Å². The Morgan fingerprint density at radius 2 is 2.10 bits per heavy atom. The molecule has 2 aliphatic rings. The highest BCUT2D eigenvalue weighted by atomic mass is 16.3. The average molecular weight is 274 g/mol. The molecule has 2 atom stereocenters. The first-order valence-corrected chi connectivity index (χ1v) is 7.98. The SMILES string of the molecule is CN1CCCc2cc(CNC3CCCCC3O)ccc21. The summed E-state index contributed by atoms with van der Waals surface area (Å²) in [6, 6.07) is 7.10. The molecule has 0 amide bonds. The van der Waals surface area contributed by atoms with Gasteiger partial charge in [-0.05, 0) is 42.9 Å². The summed E-state index contributed by atoms with van der Waals surface area (Å²) in [5.74, 6) is 0. The Balaban J connectivity index is 1.63. The smallest absolute Gasteiger partial charge is 0.0693 e. The van der Waals surface area contributed by atoms with E-state index in [0.29, 0.717) is 0 Å². The molecule has 1 saturated carbocycles. The van der Waals surface area contributed by atoms with Crippen LogP contribution in [0.1, 0.15) is 43.2 Å².